The second-order valence-corrected chi connectivity index (χ2v) is 5.01. The van der Waals surface area contributed by atoms with Crippen molar-refractivity contribution in [1.82, 2.24) is 5.32 Å². The molecule has 0 rings (SSSR count). The predicted octanol–water partition coefficient (Wildman–Crippen LogP) is 0.398. The van der Waals surface area contributed by atoms with Gasteiger partial charge in [0.1, 0.15) is 0 Å². The van der Waals surface area contributed by atoms with Crippen LogP contribution in [0, 0.1) is 0 Å². The fourth-order valence-electron chi connectivity index (χ4n) is 0.999. The van der Waals surface area contributed by atoms with E-state index in [-0.39, 0.29) is 0 Å². The standard InChI is InChI=1S/C10H23NO3S/c1-3-15(12)10-6-11-5-4-7-14-9-8-13-2/h11H,3-10H2,1-2H3. The lowest BCUT2D eigenvalue weighted by Gasteiger charge is -2.05. The second-order valence-electron chi connectivity index (χ2n) is 3.14. The number of ether oxygens (including phenoxy) is 2. The first kappa shape index (κ1) is 15.0. The van der Waals surface area contributed by atoms with Crippen molar-refractivity contribution >= 4 is 10.8 Å². The van der Waals surface area contributed by atoms with Crippen LogP contribution in [0.5, 0.6) is 0 Å². The van der Waals surface area contributed by atoms with E-state index in [1.54, 1.807) is 7.11 Å². The smallest absolute Gasteiger partial charge is 0.0700 e. The maximum Gasteiger partial charge on any atom is 0.0700 e. The van der Waals surface area contributed by atoms with E-state index in [4.69, 9.17) is 9.47 Å². The van der Waals surface area contributed by atoms with Gasteiger partial charge in [-0.05, 0) is 13.0 Å². The van der Waals surface area contributed by atoms with Gasteiger partial charge in [-0.25, -0.2) is 0 Å². The quantitative estimate of drug-likeness (QED) is 0.528. The first-order valence-corrected chi connectivity index (χ1v) is 6.92. The topological polar surface area (TPSA) is 47.6 Å². The molecular weight excluding hydrogens is 214 g/mol. The SMILES string of the molecule is CCS(=O)CCNCCCOCCOC. The van der Waals surface area contributed by atoms with Crippen molar-refractivity contribution in [3.8, 4) is 0 Å². The number of nitrogens with one attached hydrogen (secondary N) is 1. The van der Waals surface area contributed by atoms with Gasteiger partial charge < -0.3 is 14.8 Å². The van der Waals surface area contributed by atoms with Gasteiger partial charge in [0.25, 0.3) is 0 Å². The summed E-state index contributed by atoms with van der Waals surface area (Å²) in [4.78, 5) is 0. The molecule has 0 fully saturated rings. The van der Waals surface area contributed by atoms with Crippen LogP contribution in [0.4, 0.5) is 0 Å². The van der Waals surface area contributed by atoms with E-state index in [1.807, 2.05) is 6.92 Å². The largest absolute Gasteiger partial charge is 0.382 e. The molecule has 0 aromatic heterocycles. The Bertz CT molecular complexity index is 156. The van der Waals surface area contributed by atoms with Crippen molar-refractivity contribution in [2.24, 2.45) is 0 Å². The Balaban J connectivity index is 2.95. The summed E-state index contributed by atoms with van der Waals surface area (Å²) in [6, 6.07) is 0. The van der Waals surface area contributed by atoms with E-state index < -0.39 is 10.8 Å². The average Bonchev–Trinajstić information content (AvgIpc) is 2.26. The Morgan fingerprint density at radius 1 is 1.20 bits per heavy atom. The number of hydrogen-bond donors (Lipinski definition) is 1. The molecular formula is C10H23NO3S. The van der Waals surface area contributed by atoms with E-state index in [2.05, 4.69) is 5.32 Å². The Morgan fingerprint density at radius 3 is 2.67 bits per heavy atom. The minimum atomic E-state index is -0.649. The third-order valence-electron chi connectivity index (χ3n) is 1.90. The highest BCUT2D eigenvalue weighted by Gasteiger charge is 1.94. The molecule has 1 atom stereocenters. The molecule has 0 saturated heterocycles. The van der Waals surface area contributed by atoms with Gasteiger partial charge >= 0.3 is 0 Å². The molecule has 0 aliphatic carbocycles. The van der Waals surface area contributed by atoms with Crippen LogP contribution in [0.3, 0.4) is 0 Å². The molecule has 0 saturated carbocycles. The first-order chi connectivity index (χ1) is 7.31. The first-order valence-electron chi connectivity index (χ1n) is 5.43. The molecule has 15 heavy (non-hydrogen) atoms. The second kappa shape index (κ2) is 12.1. The molecule has 0 aromatic carbocycles. The molecule has 1 unspecified atom stereocenters. The summed E-state index contributed by atoms with van der Waals surface area (Å²) in [5.41, 5.74) is 0. The molecule has 92 valence electrons. The maximum absolute atomic E-state index is 11.1. The molecule has 0 aliphatic heterocycles. The van der Waals surface area contributed by atoms with Crippen LogP contribution >= 0.6 is 0 Å². The van der Waals surface area contributed by atoms with E-state index in [0.29, 0.717) is 13.2 Å². The van der Waals surface area contributed by atoms with Crippen molar-refractivity contribution in [3.05, 3.63) is 0 Å². The zero-order valence-corrected chi connectivity index (χ0v) is 10.6. The third-order valence-corrected chi connectivity index (χ3v) is 3.21. The minimum absolute atomic E-state index is 0.649. The summed E-state index contributed by atoms with van der Waals surface area (Å²) in [6.45, 7) is 5.78. The Kier molecular flexibility index (Phi) is 12.1. The van der Waals surface area contributed by atoms with E-state index in [9.17, 15) is 4.21 Å². The molecule has 0 spiro atoms. The van der Waals surface area contributed by atoms with Crippen LogP contribution in [0.15, 0.2) is 0 Å². The molecule has 5 heteroatoms. The van der Waals surface area contributed by atoms with Crippen molar-refractivity contribution in [3.63, 3.8) is 0 Å². The molecule has 0 amide bonds. The lowest BCUT2D eigenvalue weighted by Crippen LogP contribution is -2.23. The Hall–Kier alpha value is 0.0300. The molecule has 1 N–H and O–H groups in total. The zero-order chi connectivity index (χ0) is 11.4. The van der Waals surface area contributed by atoms with Gasteiger partial charge in [0.15, 0.2) is 0 Å². The molecule has 0 heterocycles. The summed E-state index contributed by atoms with van der Waals surface area (Å²) < 4.78 is 21.2. The van der Waals surface area contributed by atoms with Crippen LogP contribution < -0.4 is 5.32 Å². The van der Waals surface area contributed by atoms with Crippen molar-refractivity contribution < 1.29 is 13.7 Å². The minimum Gasteiger partial charge on any atom is -0.382 e. The van der Waals surface area contributed by atoms with Crippen LogP contribution in [-0.4, -0.2) is 55.7 Å². The number of hydrogen-bond acceptors (Lipinski definition) is 4. The van der Waals surface area contributed by atoms with Crippen LogP contribution in [-0.2, 0) is 20.3 Å². The summed E-state index contributed by atoms with van der Waals surface area (Å²) in [6.07, 6.45) is 0.989. The van der Waals surface area contributed by atoms with Gasteiger partial charge in [0.2, 0.25) is 0 Å². The number of rotatable bonds is 11. The van der Waals surface area contributed by atoms with E-state index >= 15 is 0 Å². The Labute approximate surface area is 95.2 Å². The van der Waals surface area contributed by atoms with Gasteiger partial charge in [0, 0.05) is 42.6 Å². The third kappa shape index (κ3) is 12.0. The Morgan fingerprint density at radius 2 is 2.00 bits per heavy atom. The summed E-state index contributed by atoms with van der Waals surface area (Å²) in [5, 5.41) is 3.24. The van der Waals surface area contributed by atoms with Crippen molar-refractivity contribution in [1.29, 1.82) is 0 Å². The molecule has 0 bridgehead atoms. The predicted molar refractivity (Wildman–Crippen MR) is 63.7 cm³/mol. The molecule has 4 nitrogen and oxygen atoms in total. The normalized spacial score (nSPS) is 12.9. The van der Waals surface area contributed by atoms with E-state index in [0.717, 1.165) is 37.6 Å². The fraction of sp³-hybridized carbons (Fsp3) is 1.00. The lowest BCUT2D eigenvalue weighted by atomic mass is 10.4. The molecule has 0 aliphatic rings. The van der Waals surface area contributed by atoms with E-state index in [1.165, 1.54) is 0 Å². The summed E-state index contributed by atoms with van der Waals surface area (Å²) >= 11 is 0. The van der Waals surface area contributed by atoms with Crippen LogP contribution in [0.25, 0.3) is 0 Å². The van der Waals surface area contributed by atoms with Crippen molar-refractivity contribution in [2.75, 3.05) is 51.5 Å². The van der Waals surface area contributed by atoms with Crippen LogP contribution in [0.2, 0.25) is 0 Å². The van der Waals surface area contributed by atoms with Gasteiger partial charge in [0.05, 0.1) is 13.2 Å². The summed E-state index contributed by atoms with van der Waals surface area (Å²) in [5.74, 6) is 1.50. The van der Waals surface area contributed by atoms with Gasteiger partial charge in [-0.1, -0.05) is 6.92 Å². The van der Waals surface area contributed by atoms with Crippen LogP contribution in [0.1, 0.15) is 13.3 Å². The highest BCUT2D eigenvalue weighted by molar-refractivity contribution is 7.84. The highest BCUT2D eigenvalue weighted by atomic mass is 32.2. The number of methoxy groups -OCH3 is 1. The zero-order valence-electron chi connectivity index (χ0n) is 9.79. The molecule has 0 radical (unpaired) electrons. The van der Waals surface area contributed by atoms with Gasteiger partial charge in [-0.3, -0.25) is 4.21 Å². The highest BCUT2D eigenvalue weighted by Crippen LogP contribution is 1.83. The van der Waals surface area contributed by atoms with Gasteiger partial charge in [-0.2, -0.15) is 0 Å². The maximum atomic E-state index is 11.1. The fourth-order valence-corrected chi connectivity index (χ4v) is 1.66. The molecule has 0 aromatic rings. The van der Waals surface area contributed by atoms with Crippen molar-refractivity contribution in [2.45, 2.75) is 13.3 Å². The van der Waals surface area contributed by atoms with Gasteiger partial charge in [-0.15, -0.1) is 0 Å². The monoisotopic (exact) mass is 237 g/mol. The summed E-state index contributed by atoms with van der Waals surface area (Å²) in [7, 11) is 1.02. The average molecular weight is 237 g/mol. The lowest BCUT2D eigenvalue weighted by molar-refractivity contribution is 0.0695.